The monoisotopic (exact) mass is 386 g/mol. The van der Waals surface area contributed by atoms with Gasteiger partial charge in [0.1, 0.15) is 11.3 Å². The highest BCUT2D eigenvalue weighted by Gasteiger charge is 2.15. The number of carbonyl (C=O) groups excluding carboxylic acids is 1. The molecule has 27 heavy (non-hydrogen) atoms. The molecule has 0 saturated heterocycles. The fourth-order valence-electron chi connectivity index (χ4n) is 2.79. The smallest absolute Gasteiger partial charge is 0.343 e. The first-order valence-corrected chi connectivity index (χ1v) is 9.02. The van der Waals surface area contributed by atoms with Gasteiger partial charge in [-0.05, 0) is 42.7 Å². The van der Waals surface area contributed by atoms with Gasteiger partial charge in [-0.25, -0.2) is 9.59 Å². The third kappa shape index (κ3) is 4.31. The van der Waals surface area contributed by atoms with E-state index in [2.05, 4.69) is 6.92 Å². The van der Waals surface area contributed by atoms with Crippen LogP contribution in [0, 0.1) is 0 Å². The SMILES string of the molecule is CCCCc1cc(=O)oc2cc(OC(=O)c3cccc(OC)c3)c(Cl)cc12. The van der Waals surface area contributed by atoms with Crippen LogP contribution < -0.4 is 15.1 Å². The van der Waals surface area contributed by atoms with Gasteiger partial charge in [0.15, 0.2) is 5.75 Å². The number of benzene rings is 2. The molecule has 140 valence electrons. The summed E-state index contributed by atoms with van der Waals surface area (Å²) in [5.41, 5.74) is 1.09. The Labute approximate surface area is 161 Å². The molecule has 1 heterocycles. The lowest BCUT2D eigenvalue weighted by molar-refractivity contribution is 0.0734. The lowest BCUT2D eigenvalue weighted by Gasteiger charge is -2.10. The zero-order chi connectivity index (χ0) is 19.4. The van der Waals surface area contributed by atoms with Crippen molar-refractivity contribution in [1.82, 2.24) is 0 Å². The van der Waals surface area contributed by atoms with Crippen LogP contribution in [-0.2, 0) is 6.42 Å². The van der Waals surface area contributed by atoms with Gasteiger partial charge >= 0.3 is 11.6 Å². The molecule has 0 aliphatic heterocycles. The number of hydrogen-bond acceptors (Lipinski definition) is 5. The Morgan fingerprint density at radius 1 is 1.19 bits per heavy atom. The zero-order valence-electron chi connectivity index (χ0n) is 15.1. The van der Waals surface area contributed by atoms with Crippen molar-refractivity contribution >= 4 is 28.5 Å². The molecule has 0 N–H and O–H groups in total. The van der Waals surface area contributed by atoms with Gasteiger partial charge in [0.05, 0.1) is 17.7 Å². The third-order valence-corrected chi connectivity index (χ3v) is 4.49. The summed E-state index contributed by atoms with van der Waals surface area (Å²) < 4.78 is 15.8. The molecule has 0 amide bonds. The molecule has 0 atom stereocenters. The van der Waals surface area contributed by atoms with E-state index in [0.29, 0.717) is 16.9 Å². The minimum atomic E-state index is -0.584. The molecule has 0 saturated carbocycles. The van der Waals surface area contributed by atoms with Crippen LogP contribution in [0.2, 0.25) is 5.02 Å². The number of halogens is 1. The number of methoxy groups -OCH3 is 1. The first kappa shape index (κ1) is 19.0. The Hall–Kier alpha value is -2.79. The highest BCUT2D eigenvalue weighted by molar-refractivity contribution is 6.33. The van der Waals surface area contributed by atoms with E-state index in [1.165, 1.54) is 19.2 Å². The second-order valence-corrected chi connectivity index (χ2v) is 6.50. The number of aryl methyl sites for hydroxylation is 1. The zero-order valence-corrected chi connectivity index (χ0v) is 15.8. The van der Waals surface area contributed by atoms with Crippen LogP contribution in [0.3, 0.4) is 0 Å². The van der Waals surface area contributed by atoms with Crippen molar-refractivity contribution in [2.45, 2.75) is 26.2 Å². The molecule has 3 aromatic rings. The highest BCUT2D eigenvalue weighted by Crippen LogP contribution is 2.32. The Balaban J connectivity index is 1.96. The van der Waals surface area contributed by atoms with Crippen LogP contribution in [0.5, 0.6) is 11.5 Å². The Bertz CT molecular complexity index is 1040. The van der Waals surface area contributed by atoms with E-state index in [1.807, 2.05) is 0 Å². The predicted octanol–water partition coefficient (Wildman–Crippen LogP) is 5.02. The summed E-state index contributed by atoms with van der Waals surface area (Å²) in [7, 11) is 1.52. The van der Waals surface area contributed by atoms with Gasteiger partial charge in [0.25, 0.3) is 0 Å². The van der Waals surface area contributed by atoms with Crippen molar-refractivity contribution in [3.8, 4) is 11.5 Å². The minimum Gasteiger partial charge on any atom is -0.497 e. The molecule has 2 aromatic carbocycles. The Kier molecular flexibility index (Phi) is 5.81. The number of carbonyl (C=O) groups is 1. The van der Waals surface area contributed by atoms with Crippen molar-refractivity contribution in [1.29, 1.82) is 0 Å². The van der Waals surface area contributed by atoms with E-state index in [1.54, 1.807) is 30.3 Å². The van der Waals surface area contributed by atoms with E-state index in [0.717, 1.165) is 30.2 Å². The molecule has 6 heteroatoms. The molecule has 0 fully saturated rings. The summed E-state index contributed by atoms with van der Waals surface area (Å²) in [6, 6.07) is 11.2. The quantitative estimate of drug-likeness (QED) is 0.338. The summed E-state index contributed by atoms with van der Waals surface area (Å²) in [5, 5.41) is 1.01. The van der Waals surface area contributed by atoms with Gasteiger partial charge < -0.3 is 13.9 Å². The number of fused-ring (bicyclic) bond motifs is 1. The van der Waals surface area contributed by atoms with Crippen LogP contribution in [0.1, 0.15) is 35.7 Å². The van der Waals surface area contributed by atoms with Gasteiger partial charge in [-0.1, -0.05) is 31.0 Å². The van der Waals surface area contributed by atoms with Crippen LogP contribution >= 0.6 is 11.6 Å². The average molecular weight is 387 g/mol. The molecule has 0 aliphatic carbocycles. The lowest BCUT2D eigenvalue weighted by atomic mass is 10.0. The largest absolute Gasteiger partial charge is 0.497 e. The van der Waals surface area contributed by atoms with E-state index < -0.39 is 11.6 Å². The fraction of sp³-hybridized carbons (Fsp3) is 0.238. The van der Waals surface area contributed by atoms with Crippen molar-refractivity contribution in [3.05, 3.63) is 69.0 Å². The number of hydrogen-bond donors (Lipinski definition) is 0. The second-order valence-electron chi connectivity index (χ2n) is 6.09. The second kappa shape index (κ2) is 8.27. The number of rotatable bonds is 6. The molecule has 0 bridgehead atoms. The van der Waals surface area contributed by atoms with E-state index in [4.69, 9.17) is 25.5 Å². The van der Waals surface area contributed by atoms with Gasteiger partial charge in [0, 0.05) is 17.5 Å². The van der Waals surface area contributed by atoms with Crippen LogP contribution in [0.15, 0.2) is 51.7 Å². The van der Waals surface area contributed by atoms with Gasteiger partial charge in [-0.3, -0.25) is 0 Å². The van der Waals surface area contributed by atoms with Crippen molar-refractivity contribution < 1.29 is 18.7 Å². The van der Waals surface area contributed by atoms with Gasteiger partial charge in [-0.15, -0.1) is 0 Å². The molecule has 0 aliphatic rings. The lowest BCUT2D eigenvalue weighted by Crippen LogP contribution is -2.09. The molecule has 0 unspecified atom stereocenters. The predicted molar refractivity (Wildman–Crippen MR) is 104 cm³/mol. The van der Waals surface area contributed by atoms with Crippen LogP contribution in [-0.4, -0.2) is 13.1 Å². The molecule has 1 aromatic heterocycles. The molecule has 0 radical (unpaired) electrons. The van der Waals surface area contributed by atoms with Crippen LogP contribution in [0.4, 0.5) is 0 Å². The maximum absolute atomic E-state index is 12.4. The Morgan fingerprint density at radius 2 is 2.00 bits per heavy atom. The fourth-order valence-corrected chi connectivity index (χ4v) is 2.99. The normalized spacial score (nSPS) is 10.8. The van der Waals surface area contributed by atoms with Crippen molar-refractivity contribution in [2.24, 2.45) is 0 Å². The maximum Gasteiger partial charge on any atom is 0.343 e. The molecular weight excluding hydrogens is 368 g/mol. The van der Waals surface area contributed by atoms with Crippen molar-refractivity contribution in [3.63, 3.8) is 0 Å². The number of ether oxygens (including phenoxy) is 2. The van der Waals surface area contributed by atoms with E-state index >= 15 is 0 Å². The summed E-state index contributed by atoms with van der Waals surface area (Å²) in [6.07, 6.45) is 2.70. The van der Waals surface area contributed by atoms with E-state index in [-0.39, 0.29) is 10.8 Å². The highest BCUT2D eigenvalue weighted by atomic mass is 35.5. The van der Waals surface area contributed by atoms with Gasteiger partial charge in [0.2, 0.25) is 0 Å². The molecule has 0 spiro atoms. The summed E-state index contributed by atoms with van der Waals surface area (Å²) >= 11 is 6.32. The molecular formula is C21H19ClO5. The Morgan fingerprint density at radius 3 is 2.74 bits per heavy atom. The summed E-state index contributed by atoms with van der Waals surface area (Å²) in [5.74, 6) is 0.0908. The third-order valence-electron chi connectivity index (χ3n) is 4.19. The van der Waals surface area contributed by atoms with Crippen molar-refractivity contribution in [2.75, 3.05) is 7.11 Å². The molecule has 3 rings (SSSR count). The van der Waals surface area contributed by atoms with Gasteiger partial charge in [-0.2, -0.15) is 0 Å². The molecule has 5 nitrogen and oxygen atoms in total. The summed E-state index contributed by atoms with van der Waals surface area (Å²) in [6.45, 7) is 2.08. The number of esters is 1. The minimum absolute atomic E-state index is 0.132. The first-order chi connectivity index (χ1) is 13.0. The maximum atomic E-state index is 12.4. The topological polar surface area (TPSA) is 65.7 Å². The number of unbranched alkanes of at least 4 members (excludes halogenated alkanes) is 1. The summed E-state index contributed by atoms with van der Waals surface area (Å²) in [4.78, 5) is 24.3. The van der Waals surface area contributed by atoms with E-state index in [9.17, 15) is 9.59 Å². The standard InChI is InChI=1S/C21H19ClO5/c1-3-4-6-13-10-20(23)26-18-12-19(17(22)11-16(13)18)27-21(24)14-7-5-8-15(9-14)25-2/h5,7-12H,3-4,6H2,1-2H3. The first-order valence-electron chi connectivity index (χ1n) is 8.64. The average Bonchev–Trinajstić information content (AvgIpc) is 2.67. The van der Waals surface area contributed by atoms with Crippen LogP contribution in [0.25, 0.3) is 11.0 Å².